The Balaban J connectivity index is 0.000000312. The van der Waals surface area contributed by atoms with Crippen LogP contribution in [0.2, 0.25) is 0 Å². The van der Waals surface area contributed by atoms with E-state index >= 15 is 0 Å². The van der Waals surface area contributed by atoms with Gasteiger partial charge in [0.05, 0.1) is 13.7 Å². The summed E-state index contributed by atoms with van der Waals surface area (Å²) in [6, 6.07) is 7.97. The van der Waals surface area contributed by atoms with Crippen molar-refractivity contribution in [1.29, 1.82) is 0 Å². The monoisotopic (exact) mass is 265 g/mol. The molecule has 5 nitrogen and oxygen atoms in total. The van der Waals surface area contributed by atoms with Crippen LogP contribution < -0.4 is 4.90 Å². The van der Waals surface area contributed by atoms with Crippen molar-refractivity contribution in [2.45, 2.75) is 13.8 Å². The van der Waals surface area contributed by atoms with Gasteiger partial charge in [-0.1, -0.05) is 17.7 Å². The summed E-state index contributed by atoms with van der Waals surface area (Å²) in [5.74, 6) is -0.204. The number of benzene rings is 1. The van der Waals surface area contributed by atoms with Crippen molar-refractivity contribution in [3.8, 4) is 0 Å². The summed E-state index contributed by atoms with van der Waals surface area (Å²) in [4.78, 5) is 22.8. The number of hydrogen-bond acceptors (Lipinski definition) is 4. The maximum Gasteiger partial charge on any atom is 0.302 e. The molecule has 2 rings (SSSR count). The molecule has 19 heavy (non-hydrogen) atoms. The number of ether oxygens (including phenoxy) is 2. The number of carbonyl (C=O) groups excluding carboxylic acids is 2. The fraction of sp³-hybridized carbons (Fsp3) is 0.429. The number of nitrogens with zero attached hydrogens (tertiary/aromatic N) is 1. The number of rotatable bonds is 1. The van der Waals surface area contributed by atoms with Crippen LogP contribution >= 0.6 is 0 Å². The molecule has 0 saturated carbocycles. The molecule has 1 fully saturated rings. The first kappa shape index (κ1) is 15.2. The average molecular weight is 265 g/mol. The van der Waals surface area contributed by atoms with Crippen LogP contribution in [-0.2, 0) is 19.1 Å². The maximum atomic E-state index is 11.5. The third kappa shape index (κ3) is 5.09. The van der Waals surface area contributed by atoms with Gasteiger partial charge >= 0.3 is 5.97 Å². The molecule has 1 aliphatic heterocycles. The summed E-state index contributed by atoms with van der Waals surface area (Å²) >= 11 is 0. The molecular weight excluding hydrogens is 246 g/mol. The third-order valence-corrected chi connectivity index (χ3v) is 2.62. The highest BCUT2D eigenvalue weighted by Crippen LogP contribution is 2.16. The number of esters is 1. The van der Waals surface area contributed by atoms with Gasteiger partial charge in [-0.2, -0.15) is 0 Å². The Kier molecular flexibility index (Phi) is 6.02. The Hall–Kier alpha value is -1.88. The summed E-state index contributed by atoms with van der Waals surface area (Å²) in [6.45, 7) is 4.88. The van der Waals surface area contributed by atoms with Crippen LogP contribution in [0.5, 0.6) is 0 Å². The standard InChI is InChI=1S/C11H13NO2.C3H6O2/c1-9-2-4-10(5-3-9)12-6-7-14-8-11(12)13;1-3(4)5-2/h2-5H,6-8H2,1H3;1-2H3. The quantitative estimate of drug-likeness (QED) is 0.723. The Morgan fingerprint density at radius 2 is 1.89 bits per heavy atom. The van der Waals surface area contributed by atoms with Gasteiger partial charge in [-0.15, -0.1) is 0 Å². The Morgan fingerprint density at radius 1 is 1.32 bits per heavy atom. The second kappa shape index (κ2) is 7.53. The maximum absolute atomic E-state index is 11.5. The molecule has 1 aromatic rings. The van der Waals surface area contributed by atoms with Crippen LogP contribution in [0.4, 0.5) is 5.69 Å². The van der Waals surface area contributed by atoms with E-state index in [4.69, 9.17) is 4.74 Å². The van der Waals surface area contributed by atoms with Crippen LogP contribution in [0.1, 0.15) is 12.5 Å². The average Bonchev–Trinajstić information content (AvgIpc) is 2.41. The smallest absolute Gasteiger partial charge is 0.302 e. The molecule has 0 atom stereocenters. The highest BCUT2D eigenvalue weighted by Gasteiger charge is 2.19. The molecule has 0 radical (unpaired) electrons. The lowest BCUT2D eigenvalue weighted by molar-refractivity contribution is -0.138. The van der Waals surface area contributed by atoms with Gasteiger partial charge in [-0.25, -0.2) is 0 Å². The van der Waals surface area contributed by atoms with E-state index in [9.17, 15) is 9.59 Å². The van der Waals surface area contributed by atoms with Crippen molar-refractivity contribution in [2.75, 3.05) is 31.8 Å². The first-order valence-corrected chi connectivity index (χ1v) is 6.04. The van der Waals surface area contributed by atoms with E-state index in [1.54, 1.807) is 4.90 Å². The van der Waals surface area contributed by atoms with Crippen molar-refractivity contribution in [3.63, 3.8) is 0 Å². The van der Waals surface area contributed by atoms with Crippen LogP contribution in [-0.4, -0.2) is 38.7 Å². The minimum absolute atomic E-state index is 0.0418. The zero-order valence-electron chi connectivity index (χ0n) is 11.5. The largest absolute Gasteiger partial charge is 0.469 e. The molecular formula is C14H19NO4. The molecule has 0 aliphatic carbocycles. The molecule has 1 saturated heterocycles. The number of hydrogen-bond donors (Lipinski definition) is 0. The van der Waals surface area contributed by atoms with Crippen molar-refractivity contribution in [1.82, 2.24) is 0 Å². The summed E-state index contributed by atoms with van der Waals surface area (Å²) in [7, 11) is 1.35. The number of morpholine rings is 1. The van der Waals surface area contributed by atoms with E-state index in [2.05, 4.69) is 4.74 Å². The van der Waals surface area contributed by atoms with Crippen molar-refractivity contribution in [3.05, 3.63) is 29.8 Å². The van der Waals surface area contributed by atoms with E-state index in [0.29, 0.717) is 13.2 Å². The van der Waals surface area contributed by atoms with Gasteiger partial charge in [0.1, 0.15) is 6.61 Å². The number of amides is 1. The minimum Gasteiger partial charge on any atom is -0.469 e. The Morgan fingerprint density at radius 3 is 2.37 bits per heavy atom. The molecule has 0 aromatic heterocycles. The van der Waals surface area contributed by atoms with Gasteiger partial charge in [-0.05, 0) is 19.1 Å². The minimum atomic E-state index is -0.245. The second-order valence-corrected chi connectivity index (χ2v) is 4.13. The summed E-state index contributed by atoms with van der Waals surface area (Å²) in [6.07, 6.45) is 0. The van der Waals surface area contributed by atoms with Gasteiger partial charge < -0.3 is 14.4 Å². The molecule has 0 spiro atoms. The summed E-state index contributed by atoms with van der Waals surface area (Å²) < 4.78 is 9.18. The third-order valence-electron chi connectivity index (χ3n) is 2.62. The van der Waals surface area contributed by atoms with E-state index in [1.165, 1.54) is 19.6 Å². The number of anilines is 1. The lowest BCUT2D eigenvalue weighted by Gasteiger charge is -2.26. The van der Waals surface area contributed by atoms with Gasteiger partial charge in [-0.3, -0.25) is 9.59 Å². The topological polar surface area (TPSA) is 55.8 Å². The van der Waals surface area contributed by atoms with Crippen molar-refractivity contribution < 1.29 is 19.1 Å². The highest BCUT2D eigenvalue weighted by atomic mass is 16.5. The Labute approximate surface area is 113 Å². The van der Waals surface area contributed by atoms with E-state index < -0.39 is 0 Å². The fourth-order valence-corrected chi connectivity index (χ4v) is 1.52. The molecule has 5 heteroatoms. The van der Waals surface area contributed by atoms with Crippen molar-refractivity contribution in [2.24, 2.45) is 0 Å². The summed E-state index contributed by atoms with van der Waals surface area (Å²) in [5, 5.41) is 0. The molecule has 1 amide bonds. The molecule has 0 N–H and O–H groups in total. The lowest BCUT2D eigenvalue weighted by atomic mass is 10.2. The molecule has 1 heterocycles. The van der Waals surface area contributed by atoms with Gasteiger partial charge in [0, 0.05) is 19.2 Å². The fourth-order valence-electron chi connectivity index (χ4n) is 1.52. The first-order valence-electron chi connectivity index (χ1n) is 6.04. The SMILES string of the molecule is COC(C)=O.Cc1ccc(N2CCOCC2=O)cc1. The zero-order valence-corrected chi connectivity index (χ0v) is 11.5. The molecule has 0 bridgehead atoms. The predicted molar refractivity (Wildman–Crippen MR) is 72.0 cm³/mol. The molecule has 1 aromatic carbocycles. The lowest BCUT2D eigenvalue weighted by Crippen LogP contribution is -2.41. The number of aryl methyl sites for hydroxylation is 1. The Bertz CT molecular complexity index is 428. The summed E-state index contributed by atoms with van der Waals surface area (Å²) in [5.41, 5.74) is 2.17. The predicted octanol–water partition coefficient (Wildman–Crippen LogP) is 1.54. The zero-order chi connectivity index (χ0) is 14.3. The second-order valence-electron chi connectivity index (χ2n) is 4.13. The first-order chi connectivity index (χ1) is 9.04. The van der Waals surface area contributed by atoms with E-state index in [0.717, 1.165) is 5.69 Å². The van der Waals surface area contributed by atoms with Crippen LogP contribution in [0.25, 0.3) is 0 Å². The normalized spacial score (nSPS) is 14.5. The number of methoxy groups -OCH3 is 1. The van der Waals surface area contributed by atoms with E-state index in [-0.39, 0.29) is 18.5 Å². The molecule has 1 aliphatic rings. The number of carbonyl (C=O) groups is 2. The van der Waals surface area contributed by atoms with Crippen LogP contribution in [0.3, 0.4) is 0 Å². The van der Waals surface area contributed by atoms with Crippen LogP contribution in [0, 0.1) is 6.92 Å². The van der Waals surface area contributed by atoms with Crippen LogP contribution in [0.15, 0.2) is 24.3 Å². The molecule has 0 unspecified atom stereocenters. The van der Waals surface area contributed by atoms with Gasteiger partial charge in [0.15, 0.2) is 0 Å². The van der Waals surface area contributed by atoms with Gasteiger partial charge in [0.2, 0.25) is 0 Å². The van der Waals surface area contributed by atoms with E-state index in [1.807, 2.05) is 31.2 Å². The molecule has 104 valence electrons. The van der Waals surface area contributed by atoms with Crippen molar-refractivity contribution >= 4 is 17.6 Å². The highest BCUT2D eigenvalue weighted by molar-refractivity contribution is 5.94. The van der Waals surface area contributed by atoms with Gasteiger partial charge in [0.25, 0.3) is 5.91 Å².